The number of rotatable bonds is 5. The zero-order valence-electron chi connectivity index (χ0n) is 13.2. The number of benzene rings is 1. The van der Waals surface area contributed by atoms with E-state index in [0.717, 1.165) is 50.5 Å². The molecule has 3 nitrogen and oxygen atoms in total. The van der Waals surface area contributed by atoms with Crippen molar-refractivity contribution in [3.8, 4) is 0 Å². The third-order valence-corrected chi connectivity index (χ3v) is 5.26. The second-order valence-electron chi connectivity index (χ2n) is 6.89. The normalized spacial score (nSPS) is 26.5. The average molecular weight is 304 g/mol. The SMILES string of the molecule is CNC1CCC(NC(=O)C2(Cc3ccc(F)cc3)CC2)CC1. The summed E-state index contributed by atoms with van der Waals surface area (Å²) in [6, 6.07) is 7.46. The molecule has 0 aliphatic heterocycles. The minimum absolute atomic E-state index is 0.199. The molecule has 22 heavy (non-hydrogen) atoms. The Morgan fingerprint density at radius 2 is 1.73 bits per heavy atom. The Morgan fingerprint density at radius 1 is 1.14 bits per heavy atom. The molecule has 2 fully saturated rings. The summed E-state index contributed by atoms with van der Waals surface area (Å²) in [5, 5.41) is 6.57. The van der Waals surface area contributed by atoms with Crippen LogP contribution >= 0.6 is 0 Å². The summed E-state index contributed by atoms with van der Waals surface area (Å²) in [4.78, 5) is 12.6. The van der Waals surface area contributed by atoms with Gasteiger partial charge in [0.2, 0.25) is 5.91 Å². The van der Waals surface area contributed by atoms with Crippen LogP contribution in [0.2, 0.25) is 0 Å². The van der Waals surface area contributed by atoms with Gasteiger partial charge in [-0.2, -0.15) is 0 Å². The second kappa shape index (κ2) is 6.37. The van der Waals surface area contributed by atoms with Gasteiger partial charge in [-0.25, -0.2) is 4.39 Å². The summed E-state index contributed by atoms with van der Waals surface area (Å²) in [5.74, 6) is -0.0240. The smallest absolute Gasteiger partial charge is 0.226 e. The molecular formula is C18H25FN2O. The number of carbonyl (C=O) groups is 1. The summed E-state index contributed by atoms with van der Waals surface area (Å²) in [6.45, 7) is 0. The molecule has 2 aliphatic rings. The molecule has 0 saturated heterocycles. The molecule has 1 amide bonds. The molecule has 0 spiro atoms. The van der Waals surface area contributed by atoms with E-state index in [-0.39, 0.29) is 17.1 Å². The maximum atomic E-state index is 13.0. The van der Waals surface area contributed by atoms with Gasteiger partial charge in [0.05, 0.1) is 5.41 Å². The molecule has 120 valence electrons. The van der Waals surface area contributed by atoms with Crippen molar-refractivity contribution in [1.29, 1.82) is 0 Å². The van der Waals surface area contributed by atoms with Crippen LogP contribution in [0, 0.1) is 11.2 Å². The first kappa shape index (κ1) is 15.5. The van der Waals surface area contributed by atoms with Crippen molar-refractivity contribution in [1.82, 2.24) is 10.6 Å². The van der Waals surface area contributed by atoms with Gasteiger partial charge >= 0.3 is 0 Å². The van der Waals surface area contributed by atoms with Gasteiger partial charge in [-0.05, 0) is 69.7 Å². The van der Waals surface area contributed by atoms with Crippen LogP contribution in [0.5, 0.6) is 0 Å². The maximum absolute atomic E-state index is 13.0. The summed E-state index contributed by atoms with van der Waals surface area (Å²) in [7, 11) is 2.01. The van der Waals surface area contributed by atoms with E-state index in [0.29, 0.717) is 12.1 Å². The van der Waals surface area contributed by atoms with Crippen molar-refractivity contribution >= 4 is 5.91 Å². The van der Waals surface area contributed by atoms with Gasteiger partial charge in [0.25, 0.3) is 0 Å². The van der Waals surface area contributed by atoms with Crippen molar-refractivity contribution < 1.29 is 9.18 Å². The lowest BCUT2D eigenvalue weighted by Gasteiger charge is -2.30. The molecule has 0 heterocycles. The molecule has 3 rings (SSSR count). The van der Waals surface area contributed by atoms with Crippen molar-refractivity contribution in [2.24, 2.45) is 5.41 Å². The van der Waals surface area contributed by atoms with Crippen LogP contribution in [-0.4, -0.2) is 25.0 Å². The van der Waals surface area contributed by atoms with E-state index in [9.17, 15) is 9.18 Å². The average Bonchev–Trinajstić information content (AvgIpc) is 3.31. The van der Waals surface area contributed by atoms with Gasteiger partial charge in [-0.1, -0.05) is 12.1 Å². The van der Waals surface area contributed by atoms with Gasteiger partial charge in [-0.3, -0.25) is 4.79 Å². The number of hydrogen-bond donors (Lipinski definition) is 2. The van der Waals surface area contributed by atoms with Gasteiger partial charge in [0.15, 0.2) is 0 Å². The molecule has 1 aromatic rings. The van der Waals surface area contributed by atoms with Crippen LogP contribution in [0.4, 0.5) is 4.39 Å². The molecule has 2 N–H and O–H groups in total. The van der Waals surface area contributed by atoms with Crippen molar-refractivity contribution in [3.05, 3.63) is 35.6 Å². The zero-order chi connectivity index (χ0) is 15.6. The molecule has 0 atom stereocenters. The van der Waals surface area contributed by atoms with Gasteiger partial charge in [-0.15, -0.1) is 0 Å². The molecule has 0 bridgehead atoms. The highest BCUT2D eigenvalue weighted by molar-refractivity contribution is 5.85. The summed E-state index contributed by atoms with van der Waals surface area (Å²) < 4.78 is 13.0. The van der Waals surface area contributed by atoms with Crippen molar-refractivity contribution in [2.75, 3.05) is 7.05 Å². The fourth-order valence-electron chi connectivity index (χ4n) is 3.49. The van der Waals surface area contributed by atoms with Gasteiger partial charge < -0.3 is 10.6 Å². The Labute approximate surface area is 131 Å². The van der Waals surface area contributed by atoms with Crippen LogP contribution in [-0.2, 0) is 11.2 Å². The summed E-state index contributed by atoms with van der Waals surface area (Å²) in [5.41, 5.74) is 0.811. The van der Waals surface area contributed by atoms with Gasteiger partial charge in [0, 0.05) is 12.1 Å². The van der Waals surface area contributed by atoms with Crippen molar-refractivity contribution in [3.63, 3.8) is 0 Å². The largest absolute Gasteiger partial charge is 0.353 e. The third-order valence-electron chi connectivity index (χ3n) is 5.26. The summed E-state index contributed by atoms with van der Waals surface area (Å²) in [6.07, 6.45) is 7.00. The van der Waals surface area contributed by atoms with Crippen LogP contribution in [0.3, 0.4) is 0 Å². The molecule has 2 aliphatic carbocycles. The highest BCUT2D eigenvalue weighted by Gasteiger charge is 2.50. The highest BCUT2D eigenvalue weighted by atomic mass is 19.1. The highest BCUT2D eigenvalue weighted by Crippen LogP contribution is 2.48. The zero-order valence-corrected chi connectivity index (χ0v) is 13.2. The minimum atomic E-state index is -0.238. The number of halogens is 1. The standard InChI is InChI=1S/C18H25FN2O/c1-20-15-6-8-16(9-7-15)21-17(22)18(10-11-18)12-13-2-4-14(19)5-3-13/h2-5,15-16,20H,6-12H2,1H3,(H,21,22). The molecule has 0 unspecified atom stereocenters. The van der Waals surface area contributed by atoms with E-state index in [4.69, 9.17) is 0 Å². The third kappa shape index (κ3) is 3.49. The Morgan fingerprint density at radius 3 is 2.27 bits per heavy atom. The lowest BCUT2D eigenvalue weighted by atomic mass is 9.89. The lowest BCUT2D eigenvalue weighted by Crippen LogP contribution is -2.44. The second-order valence-corrected chi connectivity index (χ2v) is 6.89. The van der Waals surface area contributed by atoms with E-state index >= 15 is 0 Å². The Balaban J connectivity index is 1.54. The first-order valence-corrected chi connectivity index (χ1v) is 8.34. The first-order valence-electron chi connectivity index (χ1n) is 8.34. The predicted octanol–water partition coefficient (Wildman–Crippen LogP) is 2.80. The molecule has 0 aromatic heterocycles. The lowest BCUT2D eigenvalue weighted by molar-refractivity contribution is -0.127. The van der Waals surface area contributed by atoms with Crippen LogP contribution in [0.25, 0.3) is 0 Å². The maximum Gasteiger partial charge on any atom is 0.226 e. The minimum Gasteiger partial charge on any atom is -0.353 e. The van der Waals surface area contributed by atoms with E-state index in [1.165, 1.54) is 12.1 Å². The fourth-order valence-corrected chi connectivity index (χ4v) is 3.49. The first-order chi connectivity index (χ1) is 10.6. The Hall–Kier alpha value is -1.42. The molecule has 4 heteroatoms. The van der Waals surface area contributed by atoms with E-state index in [1.54, 1.807) is 12.1 Å². The topological polar surface area (TPSA) is 41.1 Å². The quantitative estimate of drug-likeness (QED) is 0.878. The van der Waals surface area contributed by atoms with E-state index in [1.807, 2.05) is 7.05 Å². The van der Waals surface area contributed by atoms with Gasteiger partial charge in [0.1, 0.15) is 5.82 Å². The number of carbonyl (C=O) groups excluding carboxylic acids is 1. The molecular weight excluding hydrogens is 279 g/mol. The predicted molar refractivity (Wildman–Crippen MR) is 85.0 cm³/mol. The fraction of sp³-hybridized carbons (Fsp3) is 0.611. The van der Waals surface area contributed by atoms with Crippen LogP contribution in [0.15, 0.2) is 24.3 Å². The monoisotopic (exact) mass is 304 g/mol. The molecule has 1 aromatic carbocycles. The molecule has 2 saturated carbocycles. The van der Waals surface area contributed by atoms with Crippen molar-refractivity contribution in [2.45, 2.75) is 57.0 Å². The molecule has 0 radical (unpaired) electrons. The number of hydrogen-bond acceptors (Lipinski definition) is 2. The summed E-state index contributed by atoms with van der Waals surface area (Å²) >= 11 is 0. The van der Waals surface area contributed by atoms with Crippen LogP contribution in [0.1, 0.15) is 44.1 Å². The Bertz CT molecular complexity index is 516. The number of nitrogens with one attached hydrogen (secondary N) is 2. The number of amides is 1. The van der Waals surface area contributed by atoms with Crippen LogP contribution < -0.4 is 10.6 Å². The van der Waals surface area contributed by atoms with E-state index < -0.39 is 0 Å². The Kier molecular flexibility index (Phi) is 4.48. The van der Waals surface area contributed by atoms with E-state index in [2.05, 4.69) is 10.6 Å².